The van der Waals surface area contributed by atoms with Crippen LogP contribution in [0.1, 0.15) is 21.7 Å². The number of hydrogen-bond acceptors (Lipinski definition) is 5. The summed E-state index contributed by atoms with van der Waals surface area (Å²) >= 11 is 3.41. The van der Waals surface area contributed by atoms with Crippen LogP contribution in [0, 0.1) is 13.8 Å². The first kappa shape index (κ1) is 20.3. The summed E-state index contributed by atoms with van der Waals surface area (Å²) in [5.41, 5.74) is 2.93. The predicted molar refractivity (Wildman–Crippen MR) is 123 cm³/mol. The standard InChI is InChI=1S/C23H24BrN5O/c1-16-3-9-20(10-4-16)27-21-15-22(26-17(2)25-21)28-11-13-29(14-12-28)23(30)18-5-7-19(24)8-6-18/h3-10,15H,11-14H2,1-2H3,(H,25,26,27). The number of carbonyl (C=O) groups excluding carboxylic acids is 1. The van der Waals surface area contributed by atoms with Gasteiger partial charge >= 0.3 is 0 Å². The first-order chi connectivity index (χ1) is 14.5. The fraction of sp³-hybridized carbons (Fsp3) is 0.261. The largest absolute Gasteiger partial charge is 0.353 e. The van der Waals surface area contributed by atoms with Gasteiger partial charge in [-0.2, -0.15) is 0 Å². The van der Waals surface area contributed by atoms with Gasteiger partial charge in [0.1, 0.15) is 17.5 Å². The smallest absolute Gasteiger partial charge is 0.253 e. The maximum atomic E-state index is 12.7. The number of halogens is 1. The van der Waals surface area contributed by atoms with Crippen LogP contribution in [0.25, 0.3) is 0 Å². The number of piperazine rings is 1. The van der Waals surface area contributed by atoms with E-state index in [1.807, 2.05) is 54.3 Å². The molecule has 154 valence electrons. The van der Waals surface area contributed by atoms with Crippen LogP contribution in [-0.2, 0) is 0 Å². The quantitative estimate of drug-likeness (QED) is 0.611. The Labute approximate surface area is 185 Å². The van der Waals surface area contributed by atoms with Crippen LogP contribution in [0.15, 0.2) is 59.1 Å². The van der Waals surface area contributed by atoms with Gasteiger partial charge in [0, 0.05) is 48.0 Å². The van der Waals surface area contributed by atoms with Crippen LogP contribution in [-0.4, -0.2) is 47.0 Å². The molecule has 4 rings (SSSR count). The average Bonchev–Trinajstić information content (AvgIpc) is 2.75. The summed E-state index contributed by atoms with van der Waals surface area (Å²) in [6.07, 6.45) is 0. The van der Waals surface area contributed by atoms with Gasteiger partial charge in [-0.05, 0) is 50.2 Å². The van der Waals surface area contributed by atoms with Crippen molar-refractivity contribution in [3.8, 4) is 0 Å². The van der Waals surface area contributed by atoms with Crippen molar-refractivity contribution in [3.63, 3.8) is 0 Å². The minimum absolute atomic E-state index is 0.0720. The van der Waals surface area contributed by atoms with E-state index in [1.54, 1.807) is 0 Å². The lowest BCUT2D eigenvalue weighted by Gasteiger charge is -2.35. The van der Waals surface area contributed by atoms with Crippen molar-refractivity contribution in [2.45, 2.75) is 13.8 Å². The van der Waals surface area contributed by atoms with E-state index < -0.39 is 0 Å². The van der Waals surface area contributed by atoms with Gasteiger partial charge in [-0.25, -0.2) is 9.97 Å². The monoisotopic (exact) mass is 465 g/mol. The fourth-order valence-electron chi connectivity index (χ4n) is 3.48. The number of anilines is 3. The van der Waals surface area contributed by atoms with Crippen molar-refractivity contribution in [1.29, 1.82) is 0 Å². The van der Waals surface area contributed by atoms with Crippen LogP contribution in [0.4, 0.5) is 17.3 Å². The maximum absolute atomic E-state index is 12.7. The topological polar surface area (TPSA) is 61.4 Å². The molecule has 6 nitrogen and oxygen atoms in total. The second kappa shape index (κ2) is 8.83. The number of hydrogen-bond donors (Lipinski definition) is 1. The second-order valence-corrected chi connectivity index (χ2v) is 8.35. The third kappa shape index (κ3) is 4.79. The van der Waals surface area contributed by atoms with Crippen molar-refractivity contribution in [2.75, 3.05) is 36.4 Å². The van der Waals surface area contributed by atoms with Crippen molar-refractivity contribution in [1.82, 2.24) is 14.9 Å². The predicted octanol–water partition coefficient (Wildman–Crippen LogP) is 4.56. The Balaban J connectivity index is 1.42. The molecule has 0 saturated carbocycles. The molecular formula is C23H24BrN5O. The third-order valence-electron chi connectivity index (χ3n) is 5.13. The molecular weight excluding hydrogens is 442 g/mol. The van der Waals surface area contributed by atoms with E-state index >= 15 is 0 Å². The lowest BCUT2D eigenvalue weighted by molar-refractivity contribution is 0.0746. The Morgan fingerprint density at radius 3 is 2.27 bits per heavy atom. The molecule has 2 heterocycles. The van der Waals surface area contributed by atoms with Gasteiger partial charge in [0.05, 0.1) is 0 Å². The van der Waals surface area contributed by atoms with Crippen molar-refractivity contribution in [3.05, 3.63) is 76.0 Å². The zero-order valence-electron chi connectivity index (χ0n) is 17.1. The summed E-state index contributed by atoms with van der Waals surface area (Å²) in [6.45, 7) is 6.78. The highest BCUT2D eigenvalue weighted by atomic mass is 79.9. The molecule has 3 aromatic rings. The number of nitrogens with zero attached hydrogens (tertiary/aromatic N) is 4. The molecule has 7 heteroatoms. The van der Waals surface area contributed by atoms with Gasteiger partial charge in [0.15, 0.2) is 0 Å². The van der Waals surface area contributed by atoms with Gasteiger partial charge in [-0.15, -0.1) is 0 Å². The molecule has 0 bridgehead atoms. The van der Waals surface area contributed by atoms with Crippen LogP contribution in [0.3, 0.4) is 0 Å². The first-order valence-electron chi connectivity index (χ1n) is 9.97. The van der Waals surface area contributed by atoms with Crippen LogP contribution < -0.4 is 10.2 Å². The third-order valence-corrected chi connectivity index (χ3v) is 5.66. The summed E-state index contributed by atoms with van der Waals surface area (Å²) in [4.78, 5) is 26.0. The van der Waals surface area contributed by atoms with Crippen molar-refractivity contribution in [2.24, 2.45) is 0 Å². The van der Waals surface area contributed by atoms with E-state index in [0.29, 0.717) is 18.7 Å². The number of carbonyl (C=O) groups is 1. The molecule has 0 spiro atoms. The zero-order chi connectivity index (χ0) is 21.1. The van der Waals surface area contributed by atoms with Gasteiger partial charge in [-0.3, -0.25) is 4.79 Å². The van der Waals surface area contributed by atoms with Gasteiger partial charge in [-0.1, -0.05) is 33.6 Å². The number of amides is 1. The number of nitrogens with one attached hydrogen (secondary N) is 1. The molecule has 0 radical (unpaired) electrons. The van der Waals surface area contributed by atoms with Crippen molar-refractivity contribution >= 4 is 39.2 Å². The van der Waals surface area contributed by atoms with Gasteiger partial charge in [0.2, 0.25) is 0 Å². The zero-order valence-corrected chi connectivity index (χ0v) is 18.7. The minimum atomic E-state index is 0.0720. The molecule has 1 aliphatic heterocycles. The van der Waals surface area contributed by atoms with E-state index in [0.717, 1.165) is 40.7 Å². The van der Waals surface area contributed by atoms with Crippen LogP contribution >= 0.6 is 15.9 Å². The Kier molecular flexibility index (Phi) is 5.99. The van der Waals surface area contributed by atoms with E-state index in [9.17, 15) is 4.79 Å². The Hall–Kier alpha value is -2.93. The summed E-state index contributed by atoms with van der Waals surface area (Å²) in [5.74, 6) is 2.45. The lowest BCUT2D eigenvalue weighted by Crippen LogP contribution is -2.49. The molecule has 1 aliphatic rings. The normalized spacial score (nSPS) is 14.0. The Morgan fingerprint density at radius 2 is 1.60 bits per heavy atom. The van der Waals surface area contributed by atoms with E-state index in [2.05, 4.69) is 55.2 Å². The number of benzene rings is 2. The van der Waals surface area contributed by atoms with E-state index in [1.165, 1.54) is 5.56 Å². The maximum Gasteiger partial charge on any atom is 0.253 e. The highest BCUT2D eigenvalue weighted by Gasteiger charge is 2.23. The lowest BCUT2D eigenvalue weighted by atomic mass is 10.2. The van der Waals surface area contributed by atoms with Gasteiger partial charge in [0.25, 0.3) is 5.91 Å². The molecule has 1 saturated heterocycles. The molecule has 1 amide bonds. The molecule has 0 aliphatic carbocycles. The number of aryl methyl sites for hydroxylation is 2. The minimum Gasteiger partial charge on any atom is -0.353 e. The number of aromatic nitrogens is 2. The second-order valence-electron chi connectivity index (χ2n) is 7.44. The highest BCUT2D eigenvalue weighted by molar-refractivity contribution is 9.10. The SMILES string of the molecule is Cc1ccc(Nc2cc(N3CCN(C(=O)c4ccc(Br)cc4)CC3)nc(C)n2)cc1. The fourth-order valence-corrected chi connectivity index (χ4v) is 3.74. The van der Waals surface area contributed by atoms with Crippen molar-refractivity contribution < 1.29 is 4.79 Å². The molecule has 0 atom stereocenters. The molecule has 1 N–H and O–H groups in total. The summed E-state index contributed by atoms with van der Waals surface area (Å²) < 4.78 is 0.970. The summed E-state index contributed by atoms with van der Waals surface area (Å²) in [5, 5.41) is 3.36. The molecule has 30 heavy (non-hydrogen) atoms. The Bertz CT molecular complexity index is 1030. The van der Waals surface area contributed by atoms with Gasteiger partial charge < -0.3 is 15.1 Å². The first-order valence-corrected chi connectivity index (χ1v) is 10.8. The molecule has 1 fully saturated rings. The molecule has 2 aromatic carbocycles. The van der Waals surface area contributed by atoms with Crippen LogP contribution in [0.2, 0.25) is 0 Å². The molecule has 1 aromatic heterocycles. The summed E-state index contributed by atoms with van der Waals surface area (Å²) in [6, 6.07) is 17.7. The van der Waals surface area contributed by atoms with E-state index in [4.69, 9.17) is 0 Å². The Morgan fingerprint density at radius 1 is 0.933 bits per heavy atom. The van der Waals surface area contributed by atoms with E-state index in [-0.39, 0.29) is 5.91 Å². The van der Waals surface area contributed by atoms with Crippen LogP contribution in [0.5, 0.6) is 0 Å². The number of rotatable bonds is 4. The molecule has 0 unspecified atom stereocenters. The summed E-state index contributed by atoms with van der Waals surface area (Å²) in [7, 11) is 0. The highest BCUT2D eigenvalue weighted by Crippen LogP contribution is 2.22. The average molecular weight is 466 g/mol.